The van der Waals surface area contributed by atoms with E-state index in [1.165, 1.54) is 13.2 Å². The van der Waals surface area contributed by atoms with Crippen LogP contribution in [0.2, 0.25) is 0 Å². The number of carbonyl (C=O) groups excluding carboxylic acids is 2. The average Bonchev–Trinajstić information content (AvgIpc) is 2.86. The molecule has 1 N–H and O–H groups in total. The van der Waals surface area contributed by atoms with E-state index in [0.29, 0.717) is 43.4 Å². The summed E-state index contributed by atoms with van der Waals surface area (Å²) in [5, 5.41) is 2.66. The molecule has 188 valence electrons. The minimum Gasteiger partial charge on any atom is -0.368 e. The van der Waals surface area contributed by atoms with E-state index >= 15 is 0 Å². The number of amides is 1. The van der Waals surface area contributed by atoms with E-state index < -0.39 is 17.8 Å². The standard InChI is InChI=1S/C26H24F3N3O4/c1-16-3-5-19(31-25(34)18-7-9-30-24(14-18)26(27,28)29)15-21(16)17-4-6-20-22(13-17)32(10-8-23(20)33)11-12-36-35-2/h3-7,9,13-15H,8,10-12H2,1-2H3,(H,31,34). The highest BCUT2D eigenvalue weighted by Crippen LogP contribution is 2.34. The normalized spacial score (nSPS) is 13.5. The summed E-state index contributed by atoms with van der Waals surface area (Å²) in [6.45, 7) is 3.34. The van der Waals surface area contributed by atoms with E-state index in [-0.39, 0.29) is 11.3 Å². The van der Waals surface area contributed by atoms with Gasteiger partial charge in [0.05, 0.1) is 13.7 Å². The molecule has 2 aromatic carbocycles. The lowest BCUT2D eigenvalue weighted by Crippen LogP contribution is -2.34. The molecule has 0 saturated heterocycles. The van der Waals surface area contributed by atoms with Gasteiger partial charge in [-0.3, -0.25) is 14.6 Å². The van der Waals surface area contributed by atoms with E-state index in [4.69, 9.17) is 4.89 Å². The Morgan fingerprint density at radius 1 is 1.11 bits per heavy atom. The van der Waals surface area contributed by atoms with Crippen LogP contribution < -0.4 is 10.2 Å². The zero-order chi connectivity index (χ0) is 25.9. The number of anilines is 2. The van der Waals surface area contributed by atoms with Gasteiger partial charge in [0.2, 0.25) is 0 Å². The Hall–Kier alpha value is -3.76. The van der Waals surface area contributed by atoms with Gasteiger partial charge in [0.1, 0.15) is 5.69 Å². The van der Waals surface area contributed by atoms with Gasteiger partial charge in [-0.15, -0.1) is 0 Å². The molecule has 1 amide bonds. The molecule has 1 aliphatic heterocycles. The highest BCUT2D eigenvalue weighted by molar-refractivity contribution is 6.05. The number of halogens is 3. The van der Waals surface area contributed by atoms with Gasteiger partial charge >= 0.3 is 6.18 Å². The molecule has 0 bridgehead atoms. The second kappa shape index (κ2) is 10.5. The van der Waals surface area contributed by atoms with E-state index in [1.54, 1.807) is 18.2 Å². The molecular weight excluding hydrogens is 475 g/mol. The van der Waals surface area contributed by atoms with Crippen molar-refractivity contribution in [2.75, 3.05) is 37.0 Å². The molecule has 7 nitrogen and oxygen atoms in total. The van der Waals surface area contributed by atoms with Gasteiger partial charge in [-0.25, -0.2) is 9.78 Å². The molecule has 0 spiro atoms. The molecule has 0 atom stereocenters. The van der Waals surface area contributed by atoms with Crippen LogP contribution in [0.25, 0.3) is 11.1 Å². The first-order valence-corrected chi connectivity index (χ1v) is 11.2. The van der Waals surface area contributed by atoms with Crippen LogP contribution in [0.15, 0.2) is 54.7 Å². The fourth-order valence-corrected chi connectivity index (χ4v) is 4.09. The number of carbonyl (C=O) groups is 2. The van der Waals surface area contributed by atoms with Crippen LogP contribution in [-0.2, 0) is 16.0 Å². The third-order valence-corrected chi connectivity index (χ3v) is 5.93. The lowest BCUT2D eigenvalue weighted by molar-refractivity contribution is -0.269. The number of pyridine rings is 1. The number of aromatic nitrogens is 1. The summed E-state index contributed by atoms with van der Waals surface area (Å²) < 4.78 is 38.9. The molecule has 2 heterocycles. The highest BCUT2D eigenvalue weighted by atomic mass is 19.4. The number of rotatable bonds is 7. The van der Waals surface area contributed by atoms with Crippen molar-refractivity contribution < 1.29 is 32.5 Å². The minimum atomic E-state index is -4.65. The number of hydrogen-bond acceptors (Lipinski definition) is 6. The van der Waals surface area contributed by atoms with Crippen LogP contribution >= 0.6 is 0 Å². The Balaban J connectivity index is 1.61. The maximum atomic E-state index is 13.0. The van der Waals surface area contributed by atoms with Gasteiger partial charge in [0.15, 0.2) is 5.78 Å². The Bertz CT molecular complexity index is 1290. The van der Waals surface area contributed by atoms with Gasteiger partial charge in [0.25, 0.3) is 5.91 Å². The zero-order valence-corrected chi connectivity index (χ0v) is 19.7. The number of hydrogen-bond donors (Lipinski definition) is 1. The van der Waals surface area contributed by atoms with Crippen molar-refractivity contribution >= 4 is 23.1 Å². The number of nitrogens with one attached hydrogen (secondary N) is 1. The smallest absolute Gasteiger partial charge is 0.368 e. The van der Waals surface area contributed by atoms with Crippen LogP contribution in [0.4, 0.5) is 24.5 Å². The molecule has 0 fully saturated rings. The van der Waals surface area contributed by atoms with Gasteiger partial charge in [-0.05, 0) is 60.0 Å². The monoisotopic (exact) mass is 499 g/mol. The number of nitrogens with zero attached hydrogens (tertiary/aromatic N) is 2. The predicted molar refractivity (Wildman–Crippen MR) is 128 cm³/mol. The van der Waals surface area contributed by atoms with E-state index in [0.717, 1.165) is 28.6 Å². The van der Waals surface area contributed by atoms with Gasteiger partial charge in [-0.2, -0.15) is 13.2 Å². The quantitative estimate of drug-likeness (QED) is 0.270. The molecule has 1 aromatic heterocycles. The highest BCUT2D eigenvalue weighted by Gasteiger charge is 2.33. The van der Waals surface area contributed by atoms with Crippen LogP contribution in [0.5, 0.6) is 0 Å². The number of Topliss-reactive ketones (excluding diaryl/α,β-unsaturated/α-hetero) is 1. The van der Waals surface area contributed by atoms with Crippen molar-refractivity contribution in [3.63, 3.8) is 0 Å². The van der Waals surface area contributed by atoms with Crippen LogP contribution in [-0.4, -0.2) is 43.5 Å². The molecule has 1 aliphatic rings. The lowest BCUT2D eigenvalue weighted by atomic mass is 9.93. The van der Waals surface area contributed by atoms with Crippen LogP contribution in [0.1, 0.15) is 38.4 Å². The molecule has 36 heavy (non-hydrogen) atoms. The first-order chi connectivity index (χ1) is 17.2. The first kappa shape index (κ1) is 25.3. The second-order valence-corrected chi connectivity index (χ2v) is 8.29. The van der Waals surface area contributed by atoms with E-state index in [2.05, 4.69) is 20.1 Å². The summed E-state index contributed by atoms with van der Waals surface area (Å²) in [6.07, 6.45) is -3.29. The summed E-state index contributed by atoms with van der Waals surface area (Å²) in [7, 11) is 1.43. The largest absolute Gasteiger partial charge is 0.433 e. The fraction of sp³-hybridized carbons (Fsp3) is 0.269. The summed E-state index contributed by atoms with van der Waals surface area (Å²) >= 11 is 0. The third-order valence-electron chi connectivity index (χ3n) is 5.93. The average molecular weight is 499 g/mol. The van der Waals surface area contributed by atoms with Gasteiger partial charge in [-0.1, -0.05) is 12.1 Å². The predicted octanol–water partition coefficient (Wildman–Crippen LogP) is 5.30. The molecule has 4 rings (SSSR count). The van der Waals surface area contributed by atoms with E-state index in [1.807, 2.05) is 25.1 Å². The summed E-state index contributed by atoms with van der Waals surface area (Å²) in [5.41, 5.74) is 3.11. The minimum absolute atomic E-state index is 0.0637. The molecule has 3 aromatic rings. The Morgan fingerprint density at radius 3 is 2.67 bits per heavy atom. The SMILES string of the molecule is COOCCN1CCC(=O)c2ccc(-c3cc(NC(=O)c4ccnc(C(F)(F)F)c4)ccc3C)cc21. The Morgan fingerprint density at radius 2 is 1.92 bits per heavy atom. The first-order valence-electron chi connectivity index (χ1n) is 11.2. The van der Waals surface area contributed by atoms with Crippen LogP contribution in [0, 0.1) is 6.92 Å². The number of alkyl halides is 3. The van der Waals surface area contributed by atoms with Gasteiger partial charge in [0, 0.05) is 48.2 Å². The van der Waals surface area contributed by atoms with Crippen molar-refractivity contribution in [2.24, 2.45) is 0 Å². The maximum Gasteiger partial charge on any atom is 0.433 e. The summed E-state index contributed by atoms with van der Waals surface area (Å²) in [5.74, 6) is -0.619. The lowest BCUT2D eigenvalue weighted by Gasteiger charge is -2.30. The topological polar surface area (TPSA) is 80.8 Å². The van der Waals surface area contributed by atoms with Gasteiger partial charge < -0.3 is 10.2 Å². The fourth-order valence-electron chi connectivity index (χ4n) is 4.09. The Labute approximate surface area is 205 Å². The summed E-state index contributed by atoms with van der Waals surface area (Å²) in [6, 6.07) is 12.7. The van der Waals surface area contributed by atoms with Crippen LogP contribution in [0.3, 0.4) is 0 Å². The van der Waals surface area contributed by atoms with Crippen molar-refractivity contribution in [2.45, 2.75) is 19.5 Å². The van der Waals surface area contributed by atoms with Crippen molar-refractivity contribution in [3.8, 4) is 11.1 Å². The number of benzene rings is 2. The zero-order valence-electron chi connectivity index (χ0n) is 19.7. The molecule has 10 heteroatoms. The van der Waals surface area contributed by atoms with Crippen molar-refractivity contribution in [1.29, 1.82) is 0 Å². The maximum absolute atomic E-state index is 13.0. The third kappa shape index (κ3) is 5.55. The Kier molecular flexibility index (Phi) is 7.37. The van der Waals surface area contributed by atoms with Crippen molar-refractivity contribution in [1.82, 2.24) is 4.98 Å². The number of aryl methyl sites for hydroxylation is 1. The summed E-state index contributed by atoms with van der Waals surface area (Å²) in [4.78, 5) is 40.1. The molecule has 0 aliphatic carbocycles. The number of ketones is 1. The molecule has 0 unspecified atom stereocenters. The molecule has 0 saturated carbocycles. The second-order valence-electron chi connectivity index (χ2n) is 8.29. The molecular formula is C26H24F3N3O4. The van der Waals surface area contributed by atoms with E-state index in [9.17, 15) is 22.8 Å². The number of fused-ring (bicyclic) bond motifs is 1. The van der Waals surface area contributed by atoms with Crippen molar-refractivity contribution in [3.05, 3.63) is 77.1 Å². The molecule has 0 radical (unpaired) electrons.